The van der Waals surface area contributed by atoms with Crippen LogP contribution < -0.4 is 5.32 Å². The van der Waals surface area contributed by atoms with E-state index in [2.05, 4.69) is 20.3 Å². The van der Waals surface area contributed by atoms with Gasteiger partial charge in [-0.1, -0.05) is 6.92 Å². The Morgan fingerprint density at radius 2 is 2.06 bits per heavy atom. The zero-order valence-electron chi connectivity index (χ0n) is 16.6. The van der Waals surface area contributed by atoms with Crippen LogP contribution >= 0.6 is 11.3 Å². The number of hydrogen-bond acceptors (Lipinski definition) is 8. The van der Waals surface area contributed by atoms with Gasteiger partial charge >= 0.3 is 6.18 Å². The lowest BCUT2D eigenvalue weighted by molar-refractivity contribution is -0.137. The quantitative estimate of drug-likeness (QED) is 0.608. The topological polar surface area (TPSA) is 108 Å². The van der Waals surface area contributed by atoms with Crippen LogP contribution in [0.3, 0.4) is 0 Å². The molecule has 0 bridgehead atoms. The molecule has 0 radical (unpaired) electrons. The molecule has 1 saturated heterocycles. The van der Waals surface area contributed by atoms with Crippen molar-refractivity contribution in [3.63, 3.8) is 0 Å². The zero-order chi connectivity index (χ0) is 23.0. The smallest absolute Gasteiger partial charge is 0.385 e. The van der Waals surface area contributed by atoms with Gasteiger partial charge in [0, 0.05) is 31.5 Å². The van der Waals surface area contributed by atoms with Crippen LogP contribution in [0.5, 0.6) is 0 Å². The summed E-state index contributed by atoms with van der Waals surface area (Å²) in [6, 6.07) is -0.247. The molecule has 2 aromatic heterocycles. The Morgan fingerprint density at radius 3 is 2.65 bits per heavy atom. The van der Waals surface area contributed by atoms with Crippen molar-refractivity contribution in [1.29, 1.82) is 0 Å². The fourth-order valence-corrected chi connectivity index (χ4v) is 5.07. The minimum absolute atomic E-state index is 0.0598. The number of sulfonamides is 1. The number of alkyl halides is 4. The van der Waals surface area contributed by atoms with Crippen LogP contribution in [0.4, 0.5) is 23.5 Å². The first-order chi connectivity index (χ1) is 14.4. The van der Waals surface area contributed by atoms with E-state index in [0.29, 0.717) is 24.0 Å². The number of aliphatic hydroxyl groups is 1. The summed E-state index contributed by atoms with van der Waals surface area (Å²) >= 11 is 0.715. The van der Waals surface area contributed by atoms with Gasteiger partial charge in [0.15, 0.2) is 0 Å². The van der Waals surface area contributed by atoms with Crippen molar-refractivity contribution in [2.75, 3.05) is 31.3 Å². The molecule has 0 spiro atoms. The maximum Gasteiger partial charge on any atom is 0.420 e. The summed E-state index contributed by atoms with van der Waals surface area (Å²) in [5.74, 6) is -0.195. The predicted molar refractivity (Wildman–Crippen MR) is 107 cm³/mol. The Kier molecular flexibility index (Phi) is 6.84. The first-order valence-corrected chi connectivity index (χ1v) is 11.9. The zero-order valence-corrected chi connectivity index (χ0v) is 18.2. The second kappa shape index (κ2) is 8.92. The fourth-order valence-electron chi connectivity index (χ4n) is 3.24. The second-order valence-electron chi connectivity index (χ2n) is 7.33. The molecule has 0 amide bonds. The highest BCUT2D eigenvalue weighted by Gasteiger charge is 2.37. The Morgan fingerprint density at radius 1 is 1.35 bits per heavy atom. The summed E-state index contributed by atoms with van der Waals surface area (Å²) in [5.41, 5.74) is -1.58. The number of halogens is 4. The van der Waals surface area contributed by atoms with Crippen LogP contribution in [0.25, 0.3) is 10.7 Å². The number of anilines is 1. The third-order valence-corrected chi connectivity index (χ3v) is 7.32. The summed E-state index contributed by atoms with van der Waals surface area (Å²) in [6.45, 7) is 1.27. The van der Waals surface area contributed by atoms with Crippen molar-refractivity contribution >= 4 is 27.3 Å². The van der Waals surface area contributed by atoms with E-state index >= 15 is 0 Å². The molecule has 0 saturated carbocycles. The molecular weight excluding hydrogens is 462 g/mol. The molecule has 2 aromatic rings. The average molecular weight is 484 g/mol. The van der Waals surface area contributed by atoms with Gasteiger partial charge in [0.05, 0.1) is 11.1 Å². The van der Waals surface area contributed by atoms with E-state index in [1.165, 1.54) is 4.31 Å². The summed E-state index contributed by atoms with van der Waals surface area (Å²) in [5, 5.41) is 12.4. The Labute approximate surface area is 180 Å². The molecule has 8 nitrogen and oxygen atoms in total. The van der Waals surface area contributed by atoms with Crippen LogP contribution in [0.2, 0.25) is 0 Å². The van der Waals surface area contributed by atoms with Gasteiger partial charge in [-0.3, -0.25) is 0 Å². The molecular formula is C17H21F4N5O3S2. The van der Waals surface area contributed by atoms with Crippen molar-refractivity contribution in [3.05, 3.63) is 22.8 Å². The van der Waals surface area contributed by atoms with E-state index in [4.69, 9.17) is 0 Å². The third kappa shape index (κ3) is 5.48. The van der Waals surface area contributed by atoms with Crippen molar-refractivity contribution in [3.8, 4) is 10.7 Å². The summed E-state index contributed by atoms with van der Waals surface area (Å²) in [7, 11) is -3.33. The fraction of sp³-hybridized carbons (Fsp3) is 0.588. The maximum atomic E-state index is 13.5. The van der Waals surface area contributed by atoms with E-state index in [1.54, 1.807) is 0 Å². The van der Waals surface area contributed by atoms with E-state index in [9.17, 15) is 31.1 Å². The number of nitrogens with one attached hydrogen (secondary N) is 1. The van der Waals surface area contributed by atoms with Crippen LogP contribution in [-0.2, 0) is 16.2 Å². The molecule has 3 heterocycles. The van der Waals surface area contributed by atoms with Crippen molar-refractivity contribution in [2.45, 2.75) is 31.7 Å². The lowest BCUT2D eigenvalue weighted by Crippen LogP contribution is -2.47. The number of nitrogens with zero attached hydrogens (tertiary/aromatic N) is 4. The molecule has 3 atom stereocenters. The van der Waals surface area contributed by atoms with Crippen molar-refractivity contribution < 1.29 is 31.1 Å². The first kappa shape index (κ1) is 23.8. The van der Waals surface area contributed by atoms with Gasteiger partial charge in [0.1, 0.15) is 29.0 Å². The lowest BCUT2D eigenvalue weighted by Gasteiger charge is -2.35. The number of thiazole rings is 1. The van der Waals surface area contributed by atoms with E-state index in [-0.39, 0.29) is 40.9 Å². The van der Waals surface area contributed by atoms with Crippen molar-refractivity contribution in [2.24, 2.45) is 5.92 Å². The minimum Gasteiger partial charge on any atom is -0.385 e. The van der Waals surface area contributed by atoms with Gasteiger partial charge < -0.3 is 10.4 Å². The van der Waals surface area contributed by atoms with Crippen LogP contribution in [0.15, 0.2) is 12.4 Å². The number of rotatable bonds is 6. The summed E-state index contributed by atoms with van der Waals surface area (Å²) < 4.78 is 77.9. The van der Waals surface area contributed by atoms with Gasteiger partial charge in [0.25, 0.3) is 0 Å². The molecule has 1 fully saturated rings. The molecule has 1 aliphatic heterocycles. The molecule has 3 rings (SSSR count). The second-order valence-corrected chi connectivity index (χ2v) is 10.4. The Hall–Kier alpha value is -1.90. The predicted octanol–water partition coefficient (Wildman–Crippen LogP) is 2.70. The van der Waals surface area contributed by atoms with Gasteiger partial charge in [-0.25, -0.2) is 32.1 Å². The molecule has 172 valence electrons. The van der Waals surface area contributed by atoms with Crippen LogP contribution in [0, 0.1) is 5.92 Å². The summed E-state index contributed by atoms with van der Waals surface area (Å²) in [6.07, 6.45) is -2.90. The Bertz CT molecular complexity index is 1030. The highest BCUT2D eigenvalue weighted by Crippen LogP contribution is 2.38. The standard InChI is InChI=1S/C17H21F4N5O3S2/c1-9-8-26(31(2,28)29)4-3-11(9)24-16-23-6-10(17(19,20)21)14(25-16)15-22-7-13(30-15)12(27)5-18/h6-7,9,11-12,27H,3-5,8H2,1-2H3,(H,23,24,25)/t9-,11+,12?/m1/s1. The summed E-state index contributed by atoms with van der Waals surface area (Å²) in [4.78, 5) is 11.7. The number of aromatic nitrogens is 3. The maximum absolute atomic E-state index is 13.5. The number of aliphatic hydroxyl groups excluding tert-OH is 1. The third-order valence-electron chi connectivity index (χ3n) is 4.95. The van der Waals surface area contributed by atoms with E-state index in [0.717, 1.165) is 12.5 Å². The normalized spacial score (nSPS) is 21.8. The lowest BCUT2D eigenvalue weighted by atomic mass is 9.95. The number of hydrogen-bond donors (Lipinski definition) is 2. The minimum atomic E-state index is -4.74. The highest BCUT2D eigenvalue weighted by atomic mass is 32.2. The molecule has 2 N–H and O–H groups in total. The molecule has 1 aliphatic rings. The molecule has 14 heteroatoms. The van der Waals surface area contributed by atoms with E-state index < -0.39 is 40.2 Å². The van der Waals surface area contributed by atoms with Crippen molar-refractivity contribution in [1.82, 2.24) is 19.3 Å². The number of piperidine rings is 1. The first-order valence-electron chi connectivity index (χ1n) is 9.26. The van der Waals surface area contributed by atoms with E-state index in [1.807, 2.05) is 6.92 Å². The average Bonchev–Trinajstić information content (AvgIpc) is 3.17. The molecule has 0 aromatic carbocycles. The van der Waals surface area contributed by atoms with Gasteiger partial charge in [-0.2, -0.15) is 13.2 Å². The van der Waals surface area contributed by atoms with Crippen LogP contribution in [0.1, 0.15) is 29.9 Å². The van der Waals surface area contributed by atoms with Gasteiger partial charge in [-0.05, 0) is 12.3 Å². The van der Waals surface area contributed by atoms with Gasteiger partial charge in [0.2, 0.25) is 16.0 Å². The SMILES string of the molecule is C[C@@H]1CN(S(C)(=O)=O)CC[C@@H]1Nc1ncc(C(F)(F)F)c(-c2ncc(C(O)CF)s2)n1. The van der Waals surface area contributed by atoms with Gasteiger partial charge in [-0.15, -0.1) is 11.3 Å². The highest BCUT2D eigenvalue weighted by molar-refractivity contribution is 7.88. The molecule has 1 unspecified atom stereocenters. The Balaban J connectivity index is 1.88. The largest absolute Gasteiger partial charge is 0.420 e. The molecule has 31 heavy (non-hydrogen) atoms. The van der Waals surface area contributed by atoms with Crippen LogP contribution in [-0.4, -0.2) is 64.8 Å². The monoisotopic (exact) mass is 483 g/mol. The molecule has 0 aliphatic carbocycles.